The summed E-state index contributed by atoms with van der Waals surface area (Å²) in [6.45, 7) is 2.51. The molecule has 0 aliphatic heterocycles. The predicted molar refractivity (Wildman–Crippen MR) is 56.1 cm³/mol. The van der Waals surface area contributed by atoms with Crippen LogP contribution in [0.4, 0.5) is 13.2 Å². The van der Waals surface area contributed by atoms with Crippen LogP contribution >= 0.6 is 0 Å². The number of aryl methyl sites for hydroxylation is 1. The third-order valence-corrected chi connectivity index (χ3v) is 2.43. The summed E-state index contributed by atoms with van der Waals surface area (Å²) in [5.41, 5.74) is 0.725. The number of halogens is 3. The maximum absolute atomic E-state index is 12.4. The predicted octanol–water partition coefficient (Wildman–Crippen LogP) is 2.98. The van der Waals surface area contributed by atoms with E-state index in [1.165, 1.54) is 18.3 Å². The summed E-state index contributed by atoms with van der Waals surface area (Å²) in [6.07, 6.45) is -2.77. The number of rotatable bonds is 2. The van der Waals surface area contributed by atoms with E-state index in [9.17, 15) is 13.2 Å². The van der Waals surface area contributed by atoms with Gasteiger partial charge >= 0.3 is 6.18 Å². The van der Waals surface area contributed by atoms with E-state index in [1.54, 1.807) is 4.68 Å². The van der Waals surface area contributed by atoms with Crippen molar-refractivity contribution < 1.29 is 13.2 Å². The molecule has 6 heteroatoms. The van der Waals surface area contributed by atoms with E-state index in [0.717, 1.165) is 12.1 Å². The number of aromatic nitrogens is 3. The van der Waals surface area contributed by atoms with Gasteiger partial charge in [-0.15, -0.1) is 5.10 Å². The maximum atomic E-state index is 12.4. The Bertz CT molecular complexity index is 499. The Labute approximate surface area is 95.9 Å². The van der Waals surface area contributed by atoms with Gasteiger partial charge in [0.05, 0.1) is 17.5 Å². The minimum Gasteiger partial charge on any atom is -0.245 e. The minimum atomic E-state index is -4.30. The van der Waals surface area contributed by atoms with Crippen LogP contribution in [0.5, 0.6) is 0 Å². The number of hydrogen-bond acceptors (Lipinski definition) is 2. The molecule has 0 saturated heterocycles. The highest BCUT2D eigenvalue weighted by atomic mass is 19.4. The molecule has 90 valence electrons. The zero-order chi connectivity index (χ0) is 12.5. The Hall–Kier alpha value is -1.85. The Morgan fingerprint density at radius 2 is 1.82 bits per heavy atom. The van der Waals surface area contributed by atoms with E-state index in [4.69, 9.17) is 0 Å². The van der Waals surface area contributed by atoms with Crippen LogP contribution in [0.3, 0.4) is 0 Å². The second-order valence-electron chi connectivity index (χ2n) is 3.51. The molecule has 0 aliphatic rings. The van der Waals surface area contributed by atoms with Crippen molar-refractivity contribution in [3.8, 4) is 11.3 Å². The molecule has 1 aromatic carbocycles. The standard InChI is InChI=1S/C11H10F3N3/c1-2-17-10(7-15-16-17)8-3-5-9(6-4-8)11(12,13)14/h3-7H,2H2,1H3. The fourth-order valence-corrected chi connectivity index (χ4v) is 1.54. The summed E-state index contributed by atoms with van der Waals surface area (Å²) >= 11 is 0. The molecule has 0 N–H and O–H groups in total. The molecule has 1 aromatic heterocycles. The first kappa shape index (κ1) is 11.6. The molecule has 0 saturated carbocycles. The Balaban J connectivity index is 2.36. The molecule has 17 heavy (non-hydrogen) atoms. The summed E-state index contributed by atoms with van der Waals surface area (Å²) < 4.78 is 38.8. The van der Waals surface area contributed by atoms with E-state index in [1.807, 2.05) is 6.92 Å². The van der Waals surface area contributed by atoms with Crippen LogP contribution in [0.1, 0.15) is 12.5 Å². The van der Waals surface area contributed by atoms with Crippen molar-refractivity contribution in [3.05, 3.63) is 36.0 Å². The van der Waals surface area contributed by atoms with Gasteiger partial charge in [-0.2, -0.15) is 13.2 Å². The summed E-state index contributed by atoms with van der Waals surface area (Å²) in [5, 5.41) is 7.56. The Morgan fingerprint density at radius 3 is 2.35 bits per heavy atom. The molecule has 0 atom stereocenters. The zero-order valence-electron chi connectivity index (χ0n) is 9.07. The molecule has 0 spiro atoms. The lowest BCUT2D eigenvalue weighted by atomic mass is 10.1. The molecule has 0 amide bonds. The normalized spacial score (nSPS) is 11.8. The van der Waals surface area contributed by atoms with Gasteiger partial charge in [0, 0.05) is 12.1 Å². The van der Waals surface area contributed by atoms with E-state index in [0.29, 0.717) is 17.8 Å². The minimum absolute atomic E-state index is 0.621. The average Bonchev–Trinajstić information content (AvgIpc) is 2.76. The first-order valence-electron chi connectivity index (χ1n) is 5.08. The molecule has 0 aliphatic carbocycles. The van der Waals surface area contributed by atoms with Gasteiger partial charge in [-0.05, 0) is 19.1 Å². The molecule has 1 heterocycles. The molecule has 0 unspecified atom stereocenters. The summed E-state index contributed by atoms with van der Waals surface area (Å²) in [6, 6.07) is 4.96. The van der Waals surface area contributed by atoms with Crippen molar-refractivity contribution in [2.24, 2.45) is 0 Å². The van der Waals surface area contributed by atoms with Crippen LogP contribution in [0.25, 0.3) is 11.3 Å². The van der Waals surface area contributed by atoms with Crippen molar-refractivity contribution in [3.63, 3.8) is 0 Å². The monoisotopic (exact) mass is 241 g/mol. The van der Waals surface area contributed by atoms with Gasteiger partial charge in [-0.1, -0.05) is 17.3 Å². The smallest absolute Gasteiger partial charge is 0.245 e. The molecule has 2 rings (SSSR count). The van der Waals surface area contributed by atoms with Gasteiger partial charge in [0.1, 0.15) is 0 Å². The lowest BCUT2D eigenvalue weighted by Gasteiger charge is -2.07. The van der Waals surface area contributed by atoms with Crippen molar-refractivity contribution in [1.29, 1.82) is 0 Å². The summed E-state index contributed by atoms with van der Waals surface area (Å²) in [7, 11) is 0. The SMILES string of the molecule is CCn1nncc1-c1ccc(C(F)(F)F)cc1. The number of benzene rings is 1. The largest absolute Gasteiger partial charge is 0.416 e. The van der Waals surface area contributed by atoms with Crippen LogP contribution in [0.2, 0.25) is 0 Å². The van der Waals surface area contributed by atoms with Gasteiger partial charge in [-0.25, -0.2) is 4.68 Å². The van der Waals surface area contributed by atoms with Gasteiger partial charge < -0.3 is 0 Å². The lowest BCUT2D eigenvalue weighted by molar-refractivity contribution is -0.137. The first-order valence-corrected chi connectivity index (χ1v) is 5.08. The molecule has 2 aromatic rings. The number of nitrogens with zero attached hydrogens (tertiary/aromatic N) is 3. The molecule has 0 radical (unpaired) electrons. The second-order valence-corrected chi connectivity index (χ2v) is 3.51. The number of hydrogen-bond donors (Lipinski definition) is 0. The molecule has 3 nitrogen and oxygen atoms in total. The Kier molecular flexibility index (Phi) is 2.87. The summed E-state index contributed by atoms with van der Waals surface area (Å²) in [5.74, 6) is 0. The molecular weight excluding hydrogens is 231 g/mol. The van der Waals surface area contributed by atoms with Crippen LogP contribution in [-0.4, -0.2) is 15.0 Å². The van der Waals surface area contributed by atoms with E-state index >= 15 is 0 Å². The fraction of sp³-hybridized carbons (Fsp3) is 0.273. The van der Waals surface area contributed by atoms with Crippen LogP contribution in [0, 0.1) is 0 Å². The third-order valence-electron chi connectivity index (χ3n) is 2.43. The van der Waals surface area contributed by atoms with Crippen molar-refractivity contribution in [1.82, 2.24) is 15.0 Å². The highest BCUT2D eigenvalue weighted by Crippen LogP contribution is 2.30. The first-order chi connectivity index (χ1) is 8.02. The van der Waals surface area contributed by atoms with Gasteiger partial charge in [0.15, 0.2) is 0 Å². The van der Waals surface area contributed by atoms with E-state index in [-0.39, 0.29) is 0 Å². The van der Waals surface area contributed by atoms with Crippen molar-refractivity contribution in [2.45, 2.75) is 19.6 Å². The summed E-state index contributed by atoms with van der Waals surface area (Å²) in [4.78, 5) is 0. The molecule has 0 fully saturated rings. The van der Waals surface area contributed by atoms with Gasteiger partial charge in [0.2, 0.25) is 0 Å². The van der Waals surface area contributed by atoms with Crippen LogP contribution in [0.15, 0.2) is 30.5 Å². The molecule has 0 bridgehead atoms. The quantitative estimate of drug-likeness (QED) is 0.809. The second kappa shape index (κ2) is 4.20. The average molecular weight is 241 g/mol. The van der Waals surface area contributed by atoms with Gasteiger partial charge in [-0.3, -0.25) is 0 Å². The Morgan fingerprint density at radius 1 is 1.18 bits per heavy atom. The third kappa shape index (κ3) is 2.30. The topological polar surface area (TPSA) is 30.7 Å². The highest BCUT2D eigenvalue weighted by Gasteiger charge is 2.30. The van der Waals surface area contributed by atoms with E-state index < -0.39 is 11.7 Å². The van der Waals surface area contributed by atoms with Gasteiger partial charge in [0.25, 0.3) is 0 Å². The maximum Gasteiger partial charge on any atom is 0.416 e. The highest BCUT2D eigenvalue weighted by molar-refractivity contribution is 5.58. The van der Waals surface area contributed by atoms with Crippen molar-refractivity contribution >= 4 is 0 Å². The van der Waals surface area contributed by atoms with Crippen molar-refractivity contribution in [2.75, 3.05) is 0 Å². The fourth-order valence-electron chi connectivity index (χ4n) is 1.54. The zero-order valence-corrected chi connectivity index (χ0v) is 9.07. The lowest BCUT2D eigenvalue weighted by Crippen LogP contribution is -2.04. The number of alkyl halides is 3. The van der Waals surface area contributed by atoms with Crippen LogP contribution in [-0.2, 0) is 12.7 Å². The van der Waals surface area contributed by atoms with E-state index in [2.05, 4.69) is 10.3 Å². The van der Waals surface area contributed by atoms with Crippen LogP contribution < -0.4 is 0 Å². The molecular formula is C11H10F3N3.